The van der Waals surface area contributed by atoms with Crippen LogP contribution in [-0.4, -0.2) is 57.6 Å². The zero-order valence-electron chi connectivity index (χ0n) is 23.6. The number of carbonyl (C=O) groups is 3. The molecule has 3 fully saturated rings. The molecule has 3 N–H and O–H groups in total. The Morgan fingerprint density at radius 2 is 1.55 bits per heavy atom. The lowest BCUT2D eigenvalue weighted by molar-refractivity contribution is -0.152. The van der Waals surface area contributed by atoms with Gasteiger partial charge in [-0.3, -0.25) is 14.4 Å². The zero-order chi connectivity index (χ0) is 28.5. The third kappa shape index (κ3) is 4.61. The zero-order valence-corrected chi connectivity index (χ0v) is 23.6. The number of nitrogens with one attached hydrogen (secondary N) is 2. The molecule has 7 atom stereocenters. The van der Waals surface area contributed by atoms with Gasteiger partial charge in [0.15, 0.2) is 0 Å². The molecule has 2 aromatic rings. The molecule has 8 heteroatoms. The summed E-state index contributed by atoms with van der Waals surface area (Å²) in [6.07, 6.45) is 2.40. The Bertz CT molecular complexity index is 1220. The van der Waals surface area contributed by atoms with Gasteiger partial charge in [-0.2, -0.15) is 0 Å². The predicted molar refractivity (Wildman–Crippen MR) is 151 cm³/mol. The van der Waals surface area contributed by atoms with Crippen molar-refractivity contribution < 1.29 is 24.2 Å². The predicted octanol–water partition coefficient (Wildman–Crippen LogP) is 3.18. The molecule has 1 spiro atoms. The van der Waals surface area contributed by atoms with Crippen LogP contribution in [0.2, 0.25) is 0 Å². The van der Waals surface area contributed by atoms with Crippen molar-refractivity contribution in [3.05, 3.63) is 71.8 Å². The molecule has 0 aliphatic carbocycles. The smallest absolute Gasteiger partial charge is 0.246 e. The first-order valence-electron chi connectivity index (χ1n) is 14.6. The van der Waals surface area contributed by atoms with Crippen LogP contribution in [0.25, 0.3) is 0 Å². The van der Waals surface area contributed by atoms with E-state index in [4.69, 9.17) is 4.74 Å². The monoisotopic (exact) mass is 547 g/mol. The van der Waals surface area contributed by atoms with E-state index in [2.05, 4.69) is 10.6 Å². The van der Waals surface area contributed by atoms with Gasteiger partial charge in [0.25, 0.3) is 0 Å². The Labute approximate surface area is 236 Å². The minimum Gasteiger partial charge on any atom is -0.394 e. The number of carbonyl (C=O) groups excluding carboxylic acids is 3. The number of hydrogen-bond donors (Lipinski definition) is 3. The van der Waals surface area contributed by atoms with Crippen molar-refractivity contribution in [3.63, 3.8) is 0 Å². The van der Waals surface area contributed by atoms with Crippen LogP contribution in [0.5, 0.6) is 0 Å². The van der Waals surface area contributed by atoms with E-state index in [1.54, 1.807) is 4.90 Å². The highest BCUT2D eigenvalue weighted by molar-refractivity contribution is 5.99. The Balaban J connectivity index is 1.50. The lowest BCUT2D eigenvalue weighted by Gasteiger charge is -2.39. The number of fused-ring (bicyclic) bond motifs is 1. The maximum atomic E-state index is 14.4. The molecular weight excluding hydrogens is 506 g/mol. The Kier molecular flexibility index (Phi) is 8.02. The van der Waals surface area contributed by atoms with Crippen LogP contribution in [0.4, 0.5) is 0 Å². The molecule has 5 rings (SSSR count). The highest BCUT2D eigenvalue weighted by Crippen LogP contribution is 2.64. The number of rotatable bonds is 11. The lowest BCUT2D eigenvalue weighted by atomic mass is 9.65. The number of benzene rings is 2. The van der Waals surface area contributed by atoms with Crippen molar-refractivity contribution in [2.24, 2.45) is 17.8 Å². The number of ether oxygens (including phenoxy) is 1. The third-order valence-electron chi connectivity index (χ3n) is 9.61. The van der Waals surface area contributed by atoms with Gasteiger partial charge in [0.2, 0.25) is 17.7 Å². The van der Waals surface area contributed by atoms with Crippen LogP contribution < -0.4 is 10.6 Å². The van der Waals surface area contributed by atoms with Crippen LogP contribution in [0, 0.1) is 17.8 Å². The van der Waals surface area contributed by atoms with E-state index in [-0.39, 0.29) is 30.2 Å². The van der Waals surface area contributed by atoms with Crippen molar-refractivity contribution in [1.29, 1.82) is 0 Å². The van der Waals surface area contributed by atoms with Gasteiger partial charge < -0.3 is 25.4 Å². The summed E-state index contributed by atoms with van der Waals surface area (Å²) in [6, 6.07) is 17.8. The van der Waals surface area contributed by atoms with Gasteiger partial charge in [-0.15, -0.1) is 0 Å². The van der Waals surface area contributed by atoms with Crippen LogP contribution in [-0.2, 0) is 32.2 Å². The van der Waals surface area contributed by atoms with E-state index in [1.165, 1.54) is 0 Å². The van der Waals surface area contributed by atoms with E-state index >= 15 is 0 Å². The van der Waals surface area contributed by atoms with E-state index in [9.17, 15) is 19.5 Å². The first-order valence-corrected chi connectivity index (χ1v) is 14.6. The Hall–Kier alpha value is -3.23. The number of aliphatic hydroxyl groups excluding tert-OH is 1. The molecule has 2 unspecified atom stereocenters. The molecule has 0 radical (unpaired) electrons. The second-order valence-corrected chi connectivity index (χ2v) is 11.6. The number of likely N-dealkylation sites (tertiary alicyclic amines) is 1. The van der Waals surface area contributed by atoms with Gasteiger partial charge in [0.05, 0.1) is 30.1 Å². The van der Waals surface area contributed by atoms with Gasteiger partial charge in [-0.1, -0.05) is 87.9 Å². The Morgan fingerprint density at radius 3 is 2.08 bits per heavy atom. The minimum absolute atomic E-state index is 0.0451. The van der Waals surface area contributed by atoms with E-state index in [0.29, 0.717) is 32.4 Å². The van der Waals surface area contributed by atoms with Crippen molar-refractivity contribution in [2.75, 3.05) is 6.61 Å². The summed E-state index contributed by atoms with van der Waals surface area (Å²) >= 11 is 0. The van der Waals surface area contributed by atoms with Gasteiger partial charge in [-0.25, -0.2) is 0 Å². The standard InChI is InChI=1S/C32H41N3O5/c1-4-21(3)24(20-36)35-27(29(38)34-19-23-14-10-7-11-15-23)32-17-16-31(5-2,40-32)25(26(32)30(35)39)28(37)33-18-22-12-8-6-9-13-22/h6-15,21,24-27,36H,4-5,16-20H2,1-3H3,(H,33,37)(H,34,38)/t21-,24-,25-,26-,27?,31+,32?/m0/s1. The fourth-order valence-corrected chi connectivity index (χ4v) is 7.30. The molecular formula is C32H41N3O5. The van der Waals surface area contributed by atoms with Crippen LogP contribution >= 0.6 is 0 Å². The molecule has 8 nitrogen and oxygen atoms in total. The van der Waals surface area contributed by atoms with Crippen LogP contribution in [0.1, 0.15) is 57.6 Å². The highest BCUT2D eigenvalue weighted by atomic mass is 16.5. The van der Waals surface area contributed by atoms with E-state index in [1.807, 2.05) is 81.4 Å². The highest BCUT2D eigenvalue weighted by Gasteiger charge is 2.79. The average Bonchev–Trinajstić information content (AvgIpc) is 3.60. The summed E-state index contributed by atoms with van der Waals surface area (Å²) in [6.45, 7) is 6.36. The quantitative estimate of drug-likeness (QED) is 0.401. The molecule has 3 amide bonds. The van der Waals surface area contributed by atoms with Gasteiger partial charge >= 0.3 is 0 Å². The molecule has 3 aliphatic heterocycles. The summed E-state index contributed by atoms with van der Waals surface area (Å²) in [4.78, 5) is 43.9. The van der Waals surface area contributed by atoms with Crippen LogP contribution in [0.15, 0.2) is 60.7 Å². The third-order valence-corrected chi connectivity index (χ3v) is 9.61. The fourth-order valence-electron chi connectivity index (χ4n) is 7.30. The number of amides is 3. The molecule has 0 aromatic heterocycles. The Morgan fingerprint density at radius 1 is 0.975 bits per heavy atom. The molecule has 3 saturated heterocycles. The van der Waals surface area contributed by atoms with Crippen LogP contribution in [0.3, 0.4) is 0 Å². The SMILES string of the molecule is CC[C@H](C)[C@H](CO)N1C(=O)[C@@H]2[C@@H](C(=O)NCc3ccccc3)[C@@]3(CC)CCC2(O3)C1C(=O)NCc1ccccc1. The first kappa shape index (κ1) is 28.3. The normalized spacial score (nSPS) is 30.1. The fraction of sp³-hybridized carbons (Fsp3) is 0.531. The van der Waals surface area contributed by atoms with Gasteiger partial charge in [-0.05, 0) is 36.3 Å². The molecule has 3 aliphatic rings. The first-order chi connectivity index (χ1) is 19.3. The van der Waals surface area contributed by atoms with E-state index < -0.39 is 35.1 Å². The topological polar surface area (TPSA) is 108 Å². The van der Waals surface area contributed by atoms with Crippen molar-refractivity contribution in [1.82, 2.24) is 15.5 Å². The number of nitrogens with zero attached hydrogens (tertiary/aromatic N) is 1. The second-order valence-electron chi connectivity index (χ2n) is 11.6. The van der Waals surface area contributed by atoms with Crippen molar-refractivity contribution in [2.45, 2.75) is 82.8 Å². The minimum atomic E-state index is -1.12. The maximum absolute atomic E-state index is 14.4. The summed E-state index contributed by atoms with van der Waals surface area (Å²) in [5, 5.41) is 16.6. The van der Waals surface area contributed by atoms with E-state index in [0.717, 1.165) is 17.5 Å². The summed E-state index contributed by atoms with van der Waals surface area (Å²) < 4.78 is 6.84. The maximum Gasteiger partial charge on any atom is 0.246 e. The number of aliphatic hydroxyl groups is 1. The van der Waals surface area contributed by atoms with Gasteiger partial charge in [0, 0.05) is 13.1 Å². The molecule has 214 valence electrons. The van der Waals surface area contributed by atoms with Crippen molar-refractivity contribution in [3.8, 4) is 0 Å². The summed E-state index contributed by atoms with van der Waals surface area (Å²) in [5.41, 5.74) is -0.0178. The summed E-state index contributed by atoms with van der Waals surface area (Å²) in [5.74, 6) is -2.35. The molecule has 0 saturated carbocycles. The molecule has 3 heterocycles. The molecule has 2 aromatic carbocycles. The van der Waals surface area contributed by atoms with Crippen molar-refractivity contribution >= 4 is 17.7 Å². The number of hydrogen-bond acceptors (Lipinski definition) is 5. The second kappa shape index (κ2) is 11.3. The molecule has 2 bridgehead atoms. The lowest BCUT2D eigenvalue weighted by Crippen LogP contribution is -2.59. The average molecular weight is 548 g/mol. The molecule has 40 heavy (non-hydrogen) atoms. The summed E-state index contributed by atoms with van der Waals surface area (Å²) in [7, 11) is 0. The largest absolute Gasteiger partial charge is 0.394 e. The van der Waals surface area contributed by atoms with Gasteiger partial charge in [0.1, 0.15) is 11.6 Å².